The third-order valence-corrected chi connectivity index (χ3v) is 7.90. The Bertz CT molecular complexity index is 1390. The Balaban J connectivity index is 1.27. The van der Waals surface area contributed by atoms with E-state index >= 15 is 0 Å². The first-order valence-electron chi connectivity index (χ1n) is 12.6. The molecule has 4 atom stereocenters. The van der Waals surface area contributed by atoms with E-state index in [1.165, 1.54) is 6.08 Å². The van der Waals surface area contributed by atoms with E-state index in [0.29, 0.717) is 17.3 Å². The number of benzene rings is 2. The van der Waals surface area contributed by atoms with Crippen molar-refractivity contribution < 1.29 is 14.2 Å². The van der Waals surface area contributed by atoms with E-state index in [4.69, 9.17) is 10.8 Å². The maximum atomic E-state index is 12.7. The van der Waals surface area contributed by atoms with Gasteiger partial charge in [0, 0.05) is 29.8 Å². The number of rotatable bonds is 5. The molecule has 3 N–H and O–H groups in total. The highest BCUT2D eigenvalue weighted by Crippen LogP contribution is 2.47. The first kappa shape index (κ1) is 23.3. The molecule has 0 aromatic heterocycles. The number of para-hydroxylation sites is 1. The number of amidine groups is 1. The van der Waals surface area contributed by atoms with Crippen LogP contribution in [0, 0.1) is 11.8 Å². The van der Waals surface area contributed by atoms with Crippen LogP contribution < -0.4 is 11.2 Å². The Hall–Kier alpha value is -4.14. The zero-order valence-electron chi connectivity index (χ0n) is 20.5. The molecule has 8 nitrogen and oxygen atoms in total. The van der Waals surface area contributed by atoms with Gasteiger partial charge < -0.3 is 10.2 Å². The molecule has 1 aliphatic carbocycles. The van der Waals surface area contributed by atoms with Gasteiger partial charge in [-0.3, -0.25) is 14.6 Å². The number of hydrogen-bond donors (Lipinski definition) is 2. The normalized spacial score (nSPS) is 27.6. The predicted octanol–water partition coefficient (Wildman–Crippen LogP) is 3.97. The van der Waals surface area contributed by atoms with Gasteiger partial charge in [-0.05, 0) is 67.7 Å². The summed E-state index contributed by atoms with van der Waals surface area (Å²) >= 11 is 0. The van der Waals surface area contributed by atoms with Crippen LogP contribution in [0.25, 0.3) is 0 Å². The maximum absolute atomic E-state index is 12.7. The molecule has 2 fully saturated rings. The summed E-state index contributed by atoms with van der Waals surface area (Å²) in [7, 11) is 0. The van der Waals surface area contributed by atoms with Crippen LogP contribution in [0.3, 0.4) is 0 Å². The van der Waals surface area contributed by atoms with Crippen LogP contribution in [-0.2, 0) is 4.79 Å². The van der Waals surface area contributed by atoms with Gasteiger partial charge in [-0.15, -0.1) is 4.59 Å². The molecule has 8 heteroatoms. The zero-order valence-corrected chi connectivity index (χ0v) is 20.5. The molecule has 4 unspecified atom stereocenters. The Morgan fingerprint density at radius 3 is 2.65 bits per heavy atom. The quantitative estimate of drug-likeness (QED) is 0.374. The number of nitrogens with zero attached hydrogens (tertiary/aromatic N) is 4. The molecular formula is C29H29N6O2+. The van der Waals surface area contributed by atoms with Gasteiger partial charge in [-0.25, -0.2) is 0 Å². The van der Waals surface area contributed by atoms with Gasteiger partial charge in [-0.2, -0.15) is 10.8 Å². The number of nitrogens with one attached hydrogen (secondary N) is 1. The molecule has 0 radical (unpaired) electrons. The second-order valence-corrected chi connectivity index (χ2v) is 9.98. The van der Waals surface area contributed by atoms with Crippen molar-refractivity contribution in [3.63, 3.8) is 0 Å². The highest BCUT2D eigenvalue weighted by molar-refractivity contribution is 6.05. The van der Waals surface area contributed by atoms with Crippen LogP contribution in [0.15, 0.2) is 101 Å². The SMILES string of the molecule is C=CC(=O)N1CCC2CC(C3=C4C=NC=C[N+]4(N)C(c4ccc(C(=O)Nc5ccccc5)cc4)=N3)CC21. The number of carbonyl (C=O) groups excluding carboxylic acids is 2. The Labute approximate surface area is 215 Å². The zero-order chi connectivity index (χ0) is 25.6. The van der Waals surface area contributed by atoms with Gasteiger partial charge >= 0.3 is 0 Å². The molecule has 37 heavy (non-hydrogen) atoms. The molecule has 2 aromatic rings. The number of allylic oxidation sites excluding steroid dienone is 2. The first-order valence-corrected chi connectivity index (χ1v) is 12.6. The molecular weight excluding hydrogens is 464 g/mol. The van der Waals surface area contributed by atoms with Crippen molar-refractivity contribution in [2.75, 3.05) is 11.9 Å². The number of hydrogen-bond acceptors (Lipinski definition) is 5. The predicted molar refractivity (Wildman–Crippen MR) is 143 cm³/mol. The van der Waals surface area contributed by atoms with Gasteiger partial charge in [0.25, 0.3) is 11.7 Å². The third-order valence-electron chi connectivity index (χ3n) is 7.90. The van der Waals surface area contributed by atoms with Crippen LogP contribution in [0.2, 0.25) is 0 Å². The fourth-order valence-corrected chi connectivity index (χ4v) is 6.08. The van der Waals surface area contributed by atoms with E-state index in [2.05, 4.69) is 16.9 Å². The summed E-state index contributed by atoms with van der Waals surface area (Å²) in [5.41, 5.74) is 3.93. The fraction of sp³-hybridized carbons (Fsp3) is 0.241. The van der Waals surface area contributed by atoms with E-state index < -0.39 is 0 Å². The van der Waals surface area contributed by atoms with Crippen molar-refractivity contribution in [1.29, 1.82) is 0 Å². The Kier molecular flexibility index (Phi) is 5.70. The number of anilines is 1. The van der Waals surface area contributed by atoms with E-state index in [-0.39, 0.29) is 28.4 Å². The molecule has 1 saturated heterocycles. The molecule has 0 bridgehead atoms. The van der Waals surface area contributed by atoms with Crippen LogP contribution in [-0.4, -0.2) is 45.9 Å². The molecule has 6 rings (SSSR count). The van der Waals surface area contributed by atoms with Gasteiger partial charge in [-0.1, -0.05) is 24.8 Å². The number of nitrogens with two attached hydrogens (primary N) is 1. The number of fused-ring (bicyclic) bond motifs is 2. The molecule has 3 aliphatic heterocycles. The van der Waals surface area contributed by atoms with Crippen LogP contribution in [0.5, 0.6) is 0 Å². The summed E-state index contributed by atoms with van der Waals surface area (Å²) in [4.78, 5) is 36.5. The number of aliphatic imine (C=N–C) groups is 2. The maximum Gasteiger partial charge on any atom is 0.264 e. The minimum Gasteiger partial charge on any atom is -0.336 e. The fourth-order valence-electron chi connectivity index (χ4n) is 6.08. The van der Waals surface area contributed by atoms with E-state index in [9.17, 15) is 9.59 Å². The lowest BCUT2D eigenvalue weighted by Crippen LogP contribution is -2.53. The average molecular weight is 494 g/mol. The average Bonchev–Trinajstić information content (AvgIpc) is 3.59. The Morgan fingerprint density at radius 1 is 1.11 bits per heavy atom. The number of amides is 2. The van der Waals surface area contributed by atoms with Crippen molar-refractivity contribution in [3.8, 4) is 0 Å². The number of likely N-dealkylation sites (tertiary alicyclic amines) is 1. The first-order chi connectivity index (χ1) is 18.0. The second kappa shape index (κ2) is 9.06. The lowest BCUT2D eigenvalue weighted by atomic mass is 9.99. The van der Waals surface area contributed by atoms with Crippen molar-refractivity contribution in [2.45, 2.75) is 25.3 Å². The molecule has 0 spiro atoms. The van der Waals surface area contributed by atoms with Gasteiger partial charge in [0.05, 0.1) is 18.0 Å². The monoisotopic (exact) mass is 493 g/mol. The lowest BCUT2D eigenvalue weighted by Gasteiger charge is -2.26. The summed E-state index contributed by atoms with van der Waals surface area (Å²) in [5, 5.41) is 2.91. The standard InChI is InChI=1S/C29H28N6O2/c1-2-26(36)34-14-12-21-16-22(17-24(21)34)27-25-18-31-13-15-35(25,30)28(33-27)19-8-10-20(11-9-19)29(37)32-23-6-4-3-5-7-23/h2-11,13,15,18,21-22,24H,1,12,14,16-17,30H2/p+1. The summed E-state index contributed by atoms with van der Waals surface area (Å²) < 4.78 is -0.0600. The Morgan fingerprint density at radius 2 is 1.89 bits per heavy atom. The van der Waals surface area contributed by atoms with Crippen molar-refractivity contribution in [1.82, 2.24) is 4.90 Å². The molecule has 2 amide bonds. The minimum atomic E-state index is -0.177. The molecule has 186 valence electrons. The molecule has 4 aliphatic rings. The smallest absolute Gasteiger partial charge is 0.264 e. The molecule has 3 heterocycles. The molecule has 2 aromatic carbocycles. The topological polar surface area (TPSA) is 100 Å². The number of carbonyl (C=O) groups is 2. The largest absolute Gasteiger partial charge is 0.336 e. The van der Waals surface area contributed by atoms with Crippen LogP contribution in [0.4, 0.5) is 5.69 Å². The van der Waals surface area contributed by atoms with Crippen molar-refractivity contribution >= 4 is 29.6 Å². The van der Waals surface area contributed by atoms with Crippen LogP contribution >= 0.6 is 0 Å². The second-order valence-electron chi connectivity index (χ2n) is 9.98. The summed E-state index contributed by atoms with van der Waals surface area (Å²) in [6.45, 7) is 4.46. The highest BCUT2D eigenvalue weighted by atomic mass is 16.2. The van der Waals surface area contributed by atoms with E-state index in [1.54, 1.807) is 24.5 Å². The van der Waals surface area contributed by atoms with E-state index in [0.717, 1.165) is 48.5 Å². The van der Waals surface area contributed by atoms with Crippen molar-refractivity contribution in [3.05, 3.63) is 102 Å². The summed E-state index contributed by atoms with van der Waals surface area (Å²) in [6, 6.07) is 16.9. The minimum absolute atomic E-state index is 0.00363. The number of quaternary nitrogens is 1. The van der Waals surface area contributed by atoms with Gasteiger partial charge in [0.1, 0.15) is 11.9 Å². The van der Waals surface area contributed by atoms with Gasteiger partial charge in [0.2, 0.25) is 11.6 Å². The molecule has 1 saturated carbocycles. The lowest BCUT2D eigenvalue weighted by molar-refractivity contribution is -0.750. The highest BCUT2D eigenvalue weighted by Gasteiger charge is 2.50. The summed E-state index contributed by atoms with van der Waals surface area (Å²) in [6.07, 6.45) is 9.57. The third kappa shape index (κ3) is 3.94. The van der Waals surface area contributed by atoms with E-state index in [1.807, 2.05) is 53.6 Å². The summed E-state index contributed by atoms with van der Waals surface area (Å²) in [5.74, 6) is 8.09. The van der Waals surface area contributed by atoms with Crippen molar-refractivity contribution in [2.24, 2.45) is 27.7 Å². The van der Waals surface area contributed by atoms with Crippen LogP contribution in [0.1, 0.15) is 35.2 Å². The van der Waals surface area contributed by atoms with Gasteiger partial charge in [0.15, 0.2) is 0 Å².